The number of carbonyl (C=O) groups is 1. The highest BCUT2D eigenvalue weighted by Gasteiger charge is 2.15. The molecule has 0 saturated carbocycles. The Kier molecular flexibility index (Phi) is 6.90. The Hall–Kier alpha value is -2.29. The molecule has 2 N–H and O–H groups in total. The van der Waals surface area contributed by atoms with Crippen LogP contribution in [0.4, 0.5) is 5.69 Å². The second-order valence-electron chi connectivity index (χ2n) is 6.74. The van der Waals surface area contributed by atoms with Crippen LogP contribution in [0.25, 0.3) is 0 Å². The average Bonchev–Trinajstić information content (AvgIpc) is 2.69. The number of aromatic hydroxyl groups is 1. The van der Waals surface area contributed by atoms with Gasteiger partial charge in [-0.3, -0.25) is 4.79 Å². The maximum absolute atomic E-state index is 12.5. The van der Waals surface area contributed by atoms with E-state index < -0.39 is 9.84 Å². The molecule has 0 radical (unpaired) electrons. The Morgan fingerprint density at radius 3 is 2.27 bits per heavy atom. The maximum atomic E-state index is 12.5. The smallest absolute Gasteiger partial charge is 0.255 e. The lowest BCUT2D eigenvalue weighted by molar-refractivity contribution is 0.102. The molecule has 0 bridgehead atoms. The Morgan fingerprint density at radius 1 is 1.03 bits per heavy atom. The number of benzene rings is 3. The number of anilines is 1. The third-order valence-electron chi connectivity index (χ3n) is 4.39. The summed E-state index contributed by atoms with van der Waals surface area (Å²) < 4.78 is 24.5. The van der Waals surface area contributed by atoms with Gasteiger partial charge in [0.1, 0.15) is 10.6 Å². The van der Waals surface area contributed by atoms with Gasteiger partial charge < -0.3 is 10.4 Å². The molecule has 3 aromatic rings. The van der Waals surface area contributed by atoms with Crippen molar-refractivity contribution >= 4 is 49.1 Å². The normalized spacial score (nSPS) is 12.4. The number of amides is 1. The van der Waals surface area contributed by atoms with Crippen molar-refractivity contribution in [3.05, 3.63) is 82.3 Å². The van der Waals surface area contributed by atoms with Crippen LogP contribution in [0.5, 0.6) is 5.75 Å². The first-order chi connectivity index (χ1) is 14.1. The molecule has 0 spiro atoms. The fraction of sp³-hybridized carbons (Fsp3) is 0.136. The molecular formula is C22H20BrNO4S2. The Balaban J connectivity index is 1.69. The van der Waals surface area contributed by atoms with Crippen LogP contribution >= 0.6 is 27.7 Å². The summed E-state index contributed by atoms with van der Waals surface area (Å²) >= 11 is 5.13. The van der Waals surface area contributed by atoms with Crippen molar-refractivity contribution in [2.75, 3.05) is 11.6 Å². The maximum Gasteiger partial charge on any atom is 0.255 e. The second-order valence-corrected chi connectivity index (χ2v) is 11.1. The van der Waals surface area contributed by atoms with E-state index in [0.29, 0.717) is 11.3 Å². The standard InChI is InChI=1S/C22H20BrNO4S2/c1-14(15-3-7-17(23)8-4-15)29-19-10-5-16(6-11-19)22(26)24-18-9-12-20(25)21(13-18)30(2,27)28/h3-14,25H,1-2H3,(H,24,26). The molecule has 8 heteroatoms. The third-order valence-corrected chi connectivity index (χ3v) is 7.21. The zero-order valence-electron chi connectivity index (χ0n) is 16.3. The largest absolute Gasteiger partial charge is 0.507 e. The van der Waals surface area contributed by atoms with Gasteiger partial charge in [0.25, 0.3) is 5.91 Å². The van der Waals surface area contributed by atoms with Crippen molar-refractivity contribution in [2.24, 2.45) is 0 Å². The van der Waals surface area contributed by atoms with Gasteiger partial charge in [-0.1, -0.05) is 28.1 Å². The topological polar surface area (TPSA) is 83.5 Å². The minimum atomic E-state index is -3.61. The summed E-state index contributed by atoms with van der Waals surface area (Å²) in [6, 6.07) is 19.3. The molecular weight excluding hydrogens is 486 g/mol. The van der Waals surface area contributed by atoms with Crippen LogP contribution in [0.2, 0.25) is 0 Å². The number of thioether (sulfide) groups is 1. The highest BCUT2D eigenvalue weighted by Crippen LogP contribution is 2.35. The molecule has 0 aliphatic heterocycles. The van der Waals surface area contributed by atoms with E-state index in [4.69, 9.17) is 0 Å². The first-order valence-electron chi connectivity index (χ1n) is 9.00. The van der Waals surface area contributed by atoms with Crippen molar-refractivity contribution in [2.45, 2.75) is 22.0 Å². The highest BCUT2D eigenvalue weighted by atomic mass is 79.9. The molecule has 5 nitrogen and oxygen atoms in total. The van der Waals surface area contributed by atoms with Crippen LogP contribution < -0.4 is 5.32 Å². The molecule has 0 aliphatic carbocycles. The van der Waals surface area contributed by atoms with Gasteiger partial charge in [0.05, 0.1) is 0 Å². The summed E-state index contributed by atoms with van der Waals surface area (Å²) in [7, 11) is -3.61. The molecule has 1 unspecified atom stereocenters. The molecule has 3 rings (SSSR count). The quantitative estimate of drug-likeness (QED) is 0.333. The van der Waals surface area contributed by atoms with Gasteiger partial charge in [-0.15, -0.1) is 11.8 Å². The van der Waals surface area contributed by atoms with Crippen LogP contribution in [0.1, 0.15) is 28.1 Å². The SMILES string of the molecule is CC(Sc1ccc(C(=O)Nc2ccc(O)c(S(C)(=O)=O)c2)cc1)c1ccc(Br)cc1. The second kappa shape index (κ2) is 9.24. The summed E-state index contributed by atoms with van der Waals surface area (Å²) in [6.45, 7) is 2.12. The summed E-state index contributed by atoms with van der Waals surface area (Å²) in [5, 5.41) is 12.6. The predicted octanol–water partition coefficient (Wildman–Crippen LogP) is 5.66. The Morgan fingerprint density at radius 2 is 1.67 bits per heavy atom. The van der Waals surface area contributed by atoms with E-state index >= 15 is 0 Å². The van der Waals surface area contributed by atoms with Gasteiger partial charge in [0.15, 0.2) is 9.84 Å². The molecule has 0 aliphatic rings. The molecule has 0 fully saturated rings. The predicted molar refractivity (Wildman–Crippen MR) is 124 cm³/mol. The van der Waals surface area contributed by atoms with E-state index in [1.807, 2.05) is 24.3 Å². The summed E-state index contributed by atoms with van der Waals surface area (Å²) in [4.78, 5) is 13.3. The number of nitrogens with one attached hydrogen (secondary N) is 1. The molecule has 1 atom stereocenters. The third kappa shape index (κ3) is 5.65. The first kappa shape index (κ1) is 22.4. The Bertz CT molecular complexity index is 1160. The van der Waals surface area contributed by atoms with Crippen molar-refractivity contribution in [1.82, 2.24) is 0 Å². The number of hydrogen-bond donors (Lipinski definition) is 2. The van der Waals surface area contributed by atoms with E-state index in [1.54, 1.807) is 23.9 Å². The van der Waals surface area contributed by atoms with Crippen LogP contribution in [0.15, 0.2) is 81.0 Å². The van der Waals surface area contributed by atoms with E-state index in [9.17, 15) is 18.3 Å². The lowest BCUT2D eigenvalue weighted by atomic mass is 10.2. The van der Waals surface area contributed by atoms with Gasteiger partial charge in [-0.05, 0) is 67.1 Å². The van der Waals surface area contributed by atoms with Crippen molar-refractivity contribution in [3.8, 4) is 5.75 Å². The number of phenolic OH excluding ortho intramolecular Hbond substituents is 1. The van der Waals surface area contributed by atoms with Crippen LogP contribution in [-0.4, -0.2) is 25.7 Å². The summed E-state index contributed by atoms with van der Waals surface area (Å²) in [5.74, 6) is -0.714. The molecule has 30 heavy (non-hydrogen) atoms. The number of sulfone groups is 1. The minimum Gasteiger partial charge on any atom is -0.507 e. The van der Waals surface area contributed by atoms with Crippen LogP contribution in [0, 0.1) is 0 Å². The molecule has 1 amide bonds. The van der Waals surface area contributed by atoms with E-state index in [2.05, 4.69) is 40.3 Å². The minimum absolute atomic E-state index is 0.228. The Labute approximate surface area is 188 Å². The summed E-state index contributed by atoms with van der Waals surface area (Å²) in [5.41, 5.74) is 1.95. The molecule has 0 heterocycles. The van der Waals surface area contributed by atoms with Crippen LogP contribution in [0.3, 0.4) is 0 Å². The monoisotopic (exact) mass is 505 g/mol. The number of hydrogen-bond acceptors (Lipinski definition) is 5. The lowest BCUT2D eigenvalue weighted by Crippen LogP contribution is -2.12. The first-order valence-corrected chi connectivity index (χ1v) is 12.6. The molecule has 156 valence electrons. The van der Waals surface area contributed by atoms with E-state index in [1.165, 1.54) is 23.8 Å². The van der Waals surface area contributed by atoms with Gasteiger partial charge >= 0.3 is 0 Å². The zero-order chi connectivity index (χ0) is 21.9. The fourth-order valence-electron chi connectivity index (χ4n) is 2.78. The molecule has 0 saturated heterocycles. The number of phenols is 1. The molecule has 3 aromatic carbocycles. The number of rotatable bonds is 6. The fourth-order valence-corrected chi connectivity index (χ4v) is 4.83. The van der Waals surface area contributed by atoms with Gasteiger partial charge in [-0.25, -0.2) is 8.42 Å². The average molecular weight is 506 g/mol. The molecule has 0 aromatic heterocycles. The van der Waals surface area contributed by atoms with Gasteiger partial charge in [0.2, 0.25) is 0 Å². The number of carbonyl (C=O) groups excluding carboxylic acids is 1. The van der Waals surface area contributed by atoms with E-state index in [0.717, 1.165) is 15.6 Å². The van der Waals surface area contributed by atoms with Gasteiger partial charge in [0, 0.05) is 32.1 Å². The van der Waals surface area contributed by atoms with Crippen molar-refractivity contribution in [1.29, 1.82) is 0 Å². The number of halogens is 1. The van der Waals surface area contributed by atoms with Gasteiger partial charge in [-0.2, -0.15) is 0 Å². The zero-order valence-corrected chi connectivity index (χ0v) is 19.5. The van der Waals surface area contributed by atoms with Crippen molar-refractivity contribution < 1.29 is 18.3 Å². The summed E-state index contributed by atoms with van der Waals surface area (Å²) in [6.07, 6.45) is 0.999. The van der Waals surface area contributed by atoms with E-state index in [-0.39, 0.29) is 21.8 Å². The van der Waals surface area contributed by atoms with Crippen LogP contribution in [-0.2, 0) is 9.84 Å². The van der Waals surface area contributed by atoms with Crippen molar-refractivity contribution in [3.63, 3.8) is 0 Å². The lowest BCUT2D eigenvalue weighted by Gasteiger charge is -2.12. The highest BCUT2D eigenvalue weighted by molar-refractivity contribution is 9.10.